The minimum atomic E-state index is 0.374. The van der Waals surface area contributed by atoms with E-state index < -0.39 is 0 Å². The second kappa shape index (κ2) is 7.45. The number of carbonyl (C=O) groups excluding carboxylic acids is 1. The van der Waals surface area contributed by atoms with Gasteiger partial charge in [0.2, 0.25) is 0 Å². The lowest BCUT2D eigenvalue weighted by Gasteiger charge is -2.10. The van der Waals surface area contributed by atoms with Crippen molar-refractivity contribution in [3.63, 3.8) is 0 Å². The first-order chi connectivity index (χ1) is 9.69. The normalized spacial score (nSPS) is 10.1. The van der Waals surface area contributed by atoms with Gasteiger partial charge in [-0.1, -0.05) is 31.9 Å². The molecule has 104 valence electrons. The van der Waals surface area contributed by atoms with E-state index in [1.54, 1.807) is 12.1 Å². The van der Waals surface area contributed by atoms with Crippen LogP contribution in [0.15, 0.2) is 51.4 Å². The highest BCUT2D eigenvalue weighted by Crippen LogP contribution is 2.21. The number of rotatable bonds is 6. The minimum Gasteiger partial charge on any atom is -0.490 e. The molecule has 0 atom stereocenters. The Kier molecular flexibility index (Phi) is 5.61. The van der Waals surface area contributed by atoms with Crippen LogP contribution in [0.5, 0.6) is 11.5 Å². The van der Waals surface area contributed by atoms with Crippen molar-refractivity contribution < 1.29 is 14.3 Å². The van der Waals surface area contributed by atoms with Gasteiger partial charge >= 0.3 is 0 Å². The van der Waals surface area contributed by atoms with Crippen LogP contribution in [0, 0.1) is 0 Å². The summed E-state index contributed by atoms with van der Waals surface area (Å²) in [5.74, 6) is 1.34. The van der Waals surface area contributed by atoms with E-state index in [0.717, 1.165) is 21.0 Å². The first-order valence-corrected chi connectivity index (χ1v) is 7.53. The molecule has 3 nitrogen and oxygen atoms in total. The molecule has 0 spiro atoms. The van der Waals surface area contributed by atoms with Crippen LogP contribution in [0.2, 0.25) is 0 Å². The van der Waals surface area contributed by atoms with Gasteiger partial charge in [-0.15, -0.1) is 0 Å². The quantitative estimate of drug-likeness (QED) is 0.530. The third-order valence-corrected chi connectivity index (χ3v) is 3.54. The number of halogens is 2. The van der Waals surface area contributed by atoms with E-state index in [1.165, 1.54) is 0 Å². The Bertz CT molecular complexity index is 582. The van der Waals surface area contributed by atoms with E-state index in [9.17, 15) is 4.79 Å². The van der Waals surface area contributed by atoms with Crippen molar-refractivity contribution in [2.45, 2.75) is 0 Å². The molecule has 0 aromatic heterocycles. The molecular weight excluding hydrogens is 388 g/mol. The number of benzene rings is 2. The molecule has 0 fully saturated rings. The van der Waals surface area contributed by atoms with Crippen LogP contribution in [-0.2, 0) is 0 Å². The average Bonchev–Trinajstić information content (AvgIpc) is 2.46. The molecule has 0 aliphatic heterocycles. The lowest BCUT2D eigenvalue weighted by atomic mass is 10.2. The summed E-state index contributed by atoms with van der Waals surface area (Å²) in [5, 5.41) is 0. The Morgan fingerprint density at radius 3 is 2.25 bits per heavy atom. The van der Waals surface area contributed by atoms with Crippen LogP contribution in [0.3, 0.4) is 0 Å². The van der Waals surface area contributed by atoms with E-state index >= 15 is 0 Å². The topological polar surface area (TPSA) is 35.5 Å². The molecule has 5 heteroatoms. The molecule has 0 unspecified atom stereocenters. The Morgan fingerprint density at radius 1 is 0.900 bits per heavy atom. The van der Waals surface area contributed by atoms with Gasteiger partial charge < -0.3 is 9.47 Å². The Labute approximate surface area is 134 Å². The zero-order valence-corrected chi connectivity index (χ0v) is 13.7. The average molecular weight is 400 g/mol. The predicted molar refractivity (Wildman–Crippen MR) is 84.7 cm³/mol. The maximum absolute atomic E-state index is 10.9. The van der Waals surface area contributed by atoms with Gasteiger partial charge in [0.1, 0.15) is 24.7 Å². The maximum atomic E-state index is 10.9. The van der Waals surface area contributed by atoms with Crippen molar-refractivity contribution in [3.8, 4) is 11.5 Å². The first-order valence-electron chi connectivity index (χ1n) is 5.95. The summed E-state index contributed by atoms with van der Waals surface area (Å²) in [4.78, 5) is 10.9. The molecule has 0 amide bonds. The zero-order valence-electron chi connectivity index (χ0n) is 10.5. The molecule has 0 saturated carbocycles. The smallest absolute Gasteiger partial charge is 0.153 e. The van der Waals surface area contributed by atoms with Gasteiger partial charge in [-0.05, 0) is 42.5 Å². The molecule has 2 aromatic carbocycles. The fourth-order valence-electron chi connectivity index (χ4n) is 1.58. The van der Waals surface area contributed by atoms with Crippen molar-refractivity contribution >= 4 is 38.1 Å². The lowest BCUT2D eigenvalue weighted by molar-refractivity contribution is 0.111. The summed E-state index contributed by atoms with van der Waals surface area (Å²) in [7, 11) is 0. The fourth-order valence-corrected chi connectivity index (χ4v) is 2.23. The van der Waals surface area contributed by atoms with Crippen LogP contribution in [0.1, 0.15) is 10.4 Å². The van der Waals surface area contributed by atoms with Gasteiger partial charge in [0.15, 0.2) is 6.29 Å². The summed E-state index contributed by atoms with van der Waals surface area (Å²) in [6.45, 7) is 0.786. The van der Waals surface area contributed by atoms with Gasteiger partial charge in [0.25, 0.3) is 0 Å². The van der Waals surface area contributed by atoms with Crippen LogP contribution < -0.4 is 9.47 Å². The predicted octanol–water partition coefficient (Wildman–Crippen LogP) is 4.48. The summed E-state index contributed by atoms with van der Waals surface area (Å²) in [5.41, 5.74) is 0.517. The van der Waals surface area contributed by atoms with Crippen molar-refractivity contribution in [1.82, 2.24) is 0 Å². The van der Waals surface area contributed by atoms with Crippen LogP contribution in [0.25, 0.3) is 0 Å². The molecule has 2 aromatic rings. The summed E-state index contributed by atoms with van der Waals surface area (Å²) < 4.78 is 12.9. The number of aldehydes is 1. The Morgan fingerprint density at radius 2 is 1.55 bits per heavy atom. The standard InChI is InChI=1S/C15H12Br2O3/c16-12-1-4-14(5-2-12)19-7-8-20-15-6-3-13(17)9-11(15)10-18/h1-6,9-10H,7-8H2. The van der Waals surface area contributed by atoms with Gasteiger partial charge in [0.05, 0.1) is 5.56 Å². The molecular formula is C15H12Br2O3. The molecule has 2 rings (SSSR count). The second-order valence-electron chi connectivity index (χ2n) is 3.95. The van der Waals surface area contributed by atoms with Gasteiger partial charge in [-0.25, -0.2) is 0 Å². The van der Waals surface area contributed by atoms with Crippen molar-refractivity contribution in [3.05, 3.63) is 57.0 Å². The Hall–Kier alpha value is -1.33. The Balaban J connectivity index is 1.84. The second-order valence-corrected chi connectivity index (χ2v) is 5.78. The van der Waals surface area contributed by atoms with Crippen molar-refractivity contribution in [1.29, 1.82) is 0 Å². The van der Waals surface area contributed by atoms with Crippen LogP contribution >= 0.6 is 31.9 Å². The van der Waals surface area contributed by atoms with Crippen LogP contribution in [-0.4, -0.2) is 19.5 Å². The number of carbonyl (C=O) groups is 1. The maximum Gasteiger partial charge on any atom is 0.153 e. The molecule has 0 N–H and O–H groups in total. The summed E-state index contributed by atoms with van der Waals surface area (Å²) in [6.07, 6.45) is 0.773. The van der Waals surface area contributed by atoms with Gasteiger partial charge in [0, 0.05) is 8.95 Å². The van der Waals surface area contributed by atoms with E-state index in [1.807, 2.05) is 30.3 Å². The number of hydrogen-bond acceptors (Lipinski definition) is 3. The highest BCUT2D eigenvalue weighted by molar-refractivity contribution is 9.10. The molecule has 0 heterocycles. The molecule has 0 saturated heterocycles. The van der Waals surface area contributed by atoms with Gasteiger partial charge in [-0.3, -0.25) is 4.79 Å². The highest BCUT2D eigenvalue weighted by atomic mass is 79.9. The number of ether oxygens (including phenoxy) is 2. The van der Waals surface area contributed by atoms with Crippen LogP contribution in [0.4, 0.5) is 0 Å². The molecule has 0 bridgehead atoms. The minimum absolute atomic E-state index is 0.374. The van der Waals surface area contributed by atoms with Crippen molar-refractivity contribution in [2.75, 3.05) is 13.2 Å². The monoisotopic (exact) mass is 398 g/mol. The molecule has 20 heavy (non-hydrogen) atoms. The fraction of sp³-hybridized carbons (Fsp3) is 0.133. The SMILES string of the molecule is O=Cc1cc(Br)ccc1OCCOc1ccc(Br)cc1. The molecule has 0 radical (unpaired) electrons. The largest absolute Gasteiger partial charge is 0.490 e. The first kappa shape index (κ1) is 15.1. The van der Waals surface area contributed by atoms with E-state index in [4.69, 9.17) is 9.47 Å². The number of hydrogen-bond donors (Lipinski definition) is 0. The lowest BCUT2D eigenvalue weighted by Crippen LogP contribution is -2.09. The van der Waals surface area contributed by atoms with E-state index in [-0.39, 0.29) is 0 Å². The third-order valence-electron chi connectivity index (χ3n) is 2.52. The summed E-state index contributed by atoms with van der Waals surface area (Å²) in [6, 6.07) is 12.9. The van der Waals surface area contributed by atoms with Crippen molar-refractivity contribution in [2.24, 2.45) is 0 Å². The van der Waals surface area contributed by atoms with E-state index in [2.05, 4.69) is 31.9 Å². The molecule has 0 aliphatic rings. The van der Waals surface area contributed by atoms with E-state index in [0.29, 0.717) is 24.5 Å². The zero-order chi connectivity index (χ0) is 14.4. The third kappa shape index (κ3) is 4.35. The summed E-state index contributed by atoms with van der Waals surface area (Å²) >= 11 is 6.67. The van der Waals surface area contributed by atoms with Gasteiger partial charge in [-0.2, -0.15) is 0 Å². The highest BCUT2D eigenvalue weighted by Gasteiger charge is 2.03. The molecule has 0 aliphatic carbocycles.